The molecule has 0 spiro atoms. The topological polar surface area (TPSA) is 0 Å². The second kappa shape index (κ2) is 2.70. The molecule has 0 N–H and O–H groups in total. The third kappa shape index (κ3) is 1.58. The molecule has 0 saturated heterocycles. The predicted octanol–water partition coefficient (Wildman–Crippen LogP) is 2.83. The summed E-state index contributed by atoms with van der Waals surface area (Å²) in [5.41, 5.74) is 5.93. The minimum absolute atomic E-state index is 1.17. The van der Waals surface area contributed by atoms with Gasteiger partial charge in [0.1, 0.15) is 0 Å². The summed E-state index contributed by atoms with van der Waals surface area (Å²) in [6, 6.07) is 0. The predicted molar refractivity (Wildman–Crippen MR) is 40.3 cm³/mol. The fourth-order valence-electron chi connectivity index (χ4n) is 1.10. The summed E-state index contributed by atoms with van der Waals surface area (Å²) in [6.07, 6.45) is 5.57. The maximum absolute atomic E-state index is 3.71. The van der Waals surface area contributed by atoms with Gasteiger partial charge in [-0.3, -0.25) is 0 Å². The number of hydrogen-bond acceptors (Lipinski definition) is 0. The molecule has 0 radical (unpaired) electrons. The average Bonchev–Trinajstić information content (AvgIpc) is 1.88. The first-order valence-corrected chi connectivity index (χ1v) is 3.40. The zero-order valence-electron chi connectivity index (χ0n) is 5.91. The quantitative estimate of drug-likeness (QED) is 0.467. The summed E-state index contributed by atoms with van der Waals surface area (Å²) in [5, 5.41) is 0. The third-order valence-corrected chi connectivity index (χ3v) is 1.62. The highest BCUT2D eigenvalue weighted by molar-refractivity contribution is 5.20. The Hall–Kier alpha value is -0.740. The largest absolute Gasteiger partial charge is 0.119 e. The fraction of sp³-hybridized carbons (Fsp3) is 0.444. The smallest absolute Gasteiger partial charge is 0.00667 e. The molecular formula is C9H12. The SMILES string of the molecule is C=CC1=C=C(C)CCC1. The summed E-state index contributed by atoms with van der Waals surface area (Å²) in [4.78, 5) is 0. The molecule has 1 aliphatic carbocycles. The second-order valence-electron chi connectivity index (χ2n) is 2.49. The molecule has 48 valence electrons. The van der Waals surface area contributed by atoms with Gasteiger partial charge in [-0.2, -0.15) is 0 Å². The molecule has 0 heterocycles. The van der Waals surface area contributed by atoms with E-state index >= 15 is 0 Å². The van der Waals surface area contributed by atoms with Crippen molar-refractivity contribution in [2.75, 3.05) is 0 Å². The highest BCUT2D eigenvalue weighted by Crippen LogP contribution is 2.17. The number of hydrogen-bond donors (Lipinski definition) is 0. The highest BCUT2D eigenvalue weighted by Gasteiger charge is 1.98. The molecule has 0 amide bonds. The first-order valence-electron chi connectivity index (χ1n) is 3.40. The van der Waals surface area contributed by atoms with Gasteiger partial charge < -0.3 is 0 Å². The van der Waals surface area contributed by atoms with E-state index in [1.807, 2.05) is 6.08 Å². The van der Waals surface area contributed by atoms with Gasteiger partial charge in [0, 0.05) is 0 Å². The van der Waals surface area contributed by atoms with Crippen molar-refractivity contribution in [2.45, 2.75) is 26.2 Å². The molecule has 0 unspecified atom stereocenters. The van der Waals surface area contributed by atoms with Gasteiger partial charge in [0.05, 0.1) is 0 Å². The average molecular weight is 120 g/mol. The lowest BCUT2D eigenvalue weighted by Crippen LogP contribution is -1.86. The minimum atomic E-state index is 1.17. The monoisotopic (exact) mass is 120 g/mol. The zero-order chi connectivity index (χ0) is 6.69. The van der Waals surface area contributed by atoms with Crippen LogP contribution in [0.3, 0.4) is 0 Å². The van der Waals surface area contributed by atoms with Crippen LogP contribution >= 0.6 is 0 Å². The molecule has 9 heavy (non-hydrogen) atoms. The Morgan fingerprint density at radius 1 is 1.56 bits per heavy atom. The van der Waals surface area contributed by atoms with Crippen molar-refractivity contribution in [3.63, 3.8) is 0 Å². The first kappa shape index (κ1) is 6.38. The van der Waals surface area contributed by atoms with Crippen LogP contribution in [-0.4, -0.2) is 0 Å². The van der Waals surface area contributed by atoms with Crippen LogP contribution in [0.15, 0.2) is 29.5 Å². The molecule has 0 fully saturated rings. The molecule has 0 bridgehead atoms. The van der Waals surface area contributed by atoms with Gasteiger partial charge in [-0.05, 0) is 37.3 Å². The lowest BCUT2D eigenvalue weighted by Gasteiger charge is -2.05. The summed E-state index contributed by atoms with van der Waals surface area (Å²) in [7, 11) is 0. The van der Waals surface area contributed by atoms with E-state index in [-0.39, 0.29) is 0 Å². The van der Waals surface area contributed by atoms with Crippen LogP contribution in [0.5, 0.6) is 0 Å². The van der Waals surface area contributed by atoms with E-state index in [2.05, 4.69) is 19.2 Å². The van der Waals surface area contributed by atoms with Crippen molar-refractivity contribution in [1.82, 2.24) is 0 Å². The molecule has 0 aromatic rings. The van der Waals surface area contributed by atoms with Gasteiger partial charge in [0.15, 0.2) is 0 Å². The lowest BCUT2D eigenvalue weighted by molar-refractivity contribution is 0.795. The normalized spacial score (nSPS) is 18.3. The maximum atomic E-state index is 3.71. The Morgan fingerprint density at radius 3 is 2.78 bits per heavy atom. The standard InChI is InChI=1S/C9H12/c1-3-9-6-4-5-8(2)7-9/h3H,1,4-6H2,2H3. The second-order valence-corrected chi connectivity index (χ2v) is 2.49. The summed E-state index contributed by atoms with van der Waals surface area (Å²) < 4.78 is 0. The highest BCUT2D eigenvalue weighted by atomic mass is 14.0. The molecule has 0 aromatic heterocycles. The van der Waals surface area contributed by atoms with Gasteiger partial charge >= 0.3 is 0 Å². The van der Waals surface area contributed by atoms with E-state index in [4.69, 9.17) is 0 Å². The third-order valence-electron chi connectivity index (χ3n) is 1.62. The molecule has 0 aromatic carbocycles. The van der Waals surface area contributed by atoms with Crippen LogP contribution in [-0.2, 0) is 0 Å². The molecule has 1 rings (SSSR count). The van der Waals surface area contributed by atoms with Crippen LogP contribution < -0.4 is 0 Å². The van der Waals surface area contributed by atoms with E-state index in [0.29, 0.717) is 0 Å². The molecule has 1 aliphatic rings. The molecule has 0 aliphatic heterocycles. The Bertz CT molecular complexity index is 178. The summed E-state index contributed by atoms with van der Waals surface area (Å²) in [6.45, 7) is 5.83. The number of allylic oxidation sites excluding steroid dienone is 2. The zero-order valence-corrected chi connectivity index (χ0v) is 5.91. The van der Waals surface area contributed by atoms with Crippen molar-refractivity contribution in [3.05, 3.63) is 29.5 Å². The van der Waals surface area contributed by atoms with E-state index in [0.717, 1.165) is 0 Å². The van der Waals surface area contributed by atoms with Gasteiger partial charge in [0.25, 0.3) is 0 Å². The van der Waals surface area contributed by atoms with Crippen LogP contribution in [0.25, 0.3) is 0 Å². The van der Waals surface area contributed by atoms with Gasteiger partial charge in [-0.1, -0.05) is 12.7 Å². The van der Waals surface area contributed by atoms with E-state index < -0.39 is 0 Å². The maximum Gasteiger partial charge on any atom is -0.00667 e. The van der Waals surface area contributed by atoms with Crippen LogP contribution in [0.4, 0.5) is 0 Å². The Balaban J connectivity index is 2.89. The Morgan fingerprint density at radius 2 is 2.33 bits per heavy atom. The van der Waals surface area contributed by atoms with E-state index in [9.17, 15) is 0 Å². The van der Waals surface area contributed by atoms with E-state index in [1.54, 1.807) is 0 Å². The Kier molecular flexibility index (Phi) is 1.92. The fourth-order valence-corrected chi connectivity index (χ4v) is 1.10. The van der Waals surface area contributed by atoms with Gasteiger partial charge in [-0.15, -0.1) is 5.73 Å². The van der Waals surface area contributed by atoms with Crippen LogP contribution in [0, 0.1) is 0 Å². The lowest BCUT2D eigenvalue weighted by atomic mass is 10.00. The molecule has 0 atom stereocenters. The minimum Gasteiger partial charge on any atom is -0.119 e. The van der Waals surface area contributed by atoms with Crippen molar-refractivity contribution in [3.8, 4) is 0 Å². The number of rotatable bonds is 1. The van der Waals surface area contributed by atoms with Gasteiger partial charge in [-0.25, -0.2) is 0 Å². The molecule has 0 saturated carbocycles. The van der Waals surface area contributed by atoms with Crippen LogP contribution in [0.2, 0.25) is 0 Å². The van der Waals surface area contributed by atoms with Gasteiger partial charge in [0.2, 0.25) is 0 Å². The first-order chi connectivity index (χ1) is 4.33. The van der Waals surface area contributed by atoms with Crippen LogP contribution in [0.1, 0.15) is 26.2 Å². The summed E-state index contributed by atoms with van der Waals surface area (Å²) in [5.74, 6) is 0. The Labute approximate surface area is 56.6 Å². The molecule has 0 heteroatoms. The van der Waals surface area contributed by atoms with Crippen molar-refractivity contribution in [2.24, 2.45) is 0 Å². The summed E-state index contributed by atoms with van der Waals surface area (Å²) >= 11 is 0. The molecule has 0 nitrogen and oxygen atoms in total. The van der Waals surface area contributed by atoms with Crippen molar-refractivity contribution in [1.29, 1.82) is 0 Å². The van der Waals surface area contributed by atoms with E-state index in [1.165, 1.54) is 30.4 Å². The van der Waals surface area contributed by atoms with Crippen molar-refractivity contribution < 1.29 is 0 Å². The molecular weight excluding hydrogens is 108 g/mol. The van der Waals surface area contributed by atoms with Crippen molar-refractivity contribution >= 4 is 0 Å².